The number of nitrogens with two attached hydrogens (primary N) is 1. The predicted molar refractivity (Wildman–Crippen MR) is 44.1 cm³/mol. The van der Waals surface area contributed by atoms with E-state index in [0.717, 1.165) is 12.3 Å². The maximum atomic E-state index is 10.0. The van der Waals surface area contributed by atoms with Gasteiger partial charge in [-0.3, -0.25) is 0 Å². The number of hydrogen-bond donors (Lipinski definition) is 2. The van der Waals surface area contributed by atoms with Gasteiger partial charge in [0, 0.05) is 6.54 Å². The molecule has 0 unspecified atom stereocenters. The van der Waals surface area contributed by atoms with Gasteiger partial charge in [-0.2, -0.15) is 0 Å². The van der Waals surface area contributed by atoms with Crippen molar-refractivity contribution in [2.24, 2.45) is 17.6 Å². The van der Waals surface area contributed by atoms with Gasteiger partial charge in [-0.05, 0) is 37.5 Å². The van der Waals surface area contributed by atoms with E-state index in [1.54, 1.807) is 0 Å². The van der Waals surface area contributed by atoms with Crippen LogP contribution in [0.1, 0.15) is 32.1 Å². The molecular formula is C9H17NO. The minimum atomic E-state index is -0.493. The van der Waals surface area contributed by atoms with E-state index < -0.39 is 5.60 Å². The third-order valence-electron chi connectivity index (χ3n) is 3.64. The quantitative estimate of drug-likeness (QED) is 0.590. The van der Waals surface area contributed by atoms with Gasteiger partial charge in [-0.15, -0.1) is 0 Å². The summed E-state index contributed by atoms with van der Waals surface area (Å²) < 4.78 is 0. The second-order valence-corrected chi connectivity index (χ2v) is 4.22. The van der Waals surface area contributed by atoms with Gasteiger partial charge in [0.2, 0.25) is 0 Å². The molecule has 2 bridgehead atoms. The average Bonchev–Trinajstić information content (AvgIpc) is 2.44. The first-order chi connectivity index (χ1) is 5.24. The van der Waals surface area contributed by atoms with E-state index in [4.69, 9.17) is 5.73 Å². The van der Waals surface area contributed by atoms with Gasteiger partial charge in [0.05, 0.1) is 5.60 Å². The van der Waals surface area contributed by atoms with Gasteiger partial charge in [0.1, 0.15) is 0 Å². The Morgan fingerprint density at radius 3 is 2.91 bits per heavy atom. The van der Waals surface area contributed by atoms with Gasteiger partial charge < -0.3 is 10.8 Å². The van der Waals surface area contributed by atoms with E-state index >= 15 is 0 Å². The Bertz CT molecular complexity index is 160. The van der Waals surface area contributed by atoms with E-state index in [2.05, 4.69) is 0 Å². The smallest absolute Gasteiger partial charge is 0.0797 e. The molecule has 0 aromatic heterocycles. The maximum absolute atomic E-state index is 10.0. The summed E-state index contributed by atoms with van der Waals surface area (Å²) in [7, 11) is 0. The fourth-order valence-corrected chi connectivity index (χ4v) is 2.75. The molecule has 2 aliphatic carbocycles. The first-order valence-corrected chi connectivity index (χ1v) is 4.67. The van der Waals surface area contributed by atoms with Crippen molar-refractivity contribution < 1.29 is 5.11 Å². The molecule has 64 valence electrons. The van der Waals surface area contributed by atoms with Crippen LogP contribution in [0.2, 0.25) is 0 Å². The van der Waals surface area contributed by atoms with E-state index in [0.29, 0.717) is 12.5 Å². The lowest BCUT2D eigenvalue weighted by atomic mass is 9.76. The van der Waals surface area contributed by atoms with Gasteiger partial charge >= 0.3 is 0 Å². The van der Waals surface area contributed by atoms with Crippen molar-refractivity contribution in [1.82, 2.24) is 0 Å². The monoisotopic (exact) mass is 155 g/mol. The summed E-state index contributed by atoms with van der Waals surface area (Å²) in [6.45, 7) is 0.463. The minimum absolute atomic E-state index is 0.463. The van der Waals surface area contributed by atoms with Crippen LogP contribution in [0.15, 0.2) is 0 Å². The van der Waals surface area contributed by atoms with E-state index in [9.17, 15) is 5.11 Å². The lowest BCUT2D eigenvalue weighted by Gasteiger charge is -2.36. The molecule has 3 N–H and O–H groups in total. The second kappa shape index (κ2) is 2.46. The van der Waals surface area contributed by atoms with Gasteiger partial charge in [-0.1, -0.05) is 6.42 Å². The van der Waals surface area contributed by atoms with Crippen molar-refractivity contribution >= 4 is 0 Å². The number of hydrogen-bond acceptors (Lipinski definition) is 2. The summed E-state index contributed by atoms with van der Waals surface area (Å²) in [4.78, 5) is 0. The van der Waals surface area contributed by atoms with Gasteiger partial charge in [0.15, 0.2) is 0 Å². The predicted octanol–water partition coefficient (Wildman–Crippen LogP) is 0.886. The summed E-state index contributed by atoms with van der Waals surface area (Å²) in [5.41, 5.74) is 5.08. The highest BCUT2D eigenvalue weighted by Crippen LogP contribution is 2.46. The molecule has 0 radical (unpaired) electrons. The summed E-state index contributed by atoms with van der Waals surface area (Å²) in [6, 6.07) is 0. The molecule has 0 heterocycles. The molecule has 0 amide bonds. The Morgan fingerprint density at radius 2 is 2.18 bits per heavy atom. The molecule has 0 saturated heterocycles. The van der Waals surface area contributed by atoms with Crippen LogP contribution in [0.4, 0.5) is 0 Å². The number of rotatable bonds is 1. The van der Waals surface area contributed by atoms with E-state index in [-0.39, 0.29) is 0 Å². The normalized spacial score (nSPS) is 49.6. The van der Waals surface area contributed by atoms with Crippen molar-refractivity contribution in [2.75, 3.05) is 6.54 Å². The molecule has 11 heavy (non-hydrogen) atoms. The van der Waals surface area contributed by atoms with Crippen LogP contribution in [0.3, 0.4) is 0 Å². The first-order valence-electron chi connectivity index (χ1n) is 4.67. The Balaban J connectivity index is 2.12. The summed E-state index contributed by atoms with van der Waals surface area (Å²) in [5.74, 6) is 1.43. The van der Waals surface area contributed by atoms with Gasteiger partial charge in [-0.25, -0.2) is 0 Å². The van der Waals surface area contributed by atoms with Crippen molar-refractivity contribution in [3.05, 3.63) is 0 Å². The summed E-state index contributed by atoms with van der Waals surface area (Å²) in [6.07, 6.45) is 5.90. The van der Waals surface area contributed by atoms with Crippen molar-refractivity contribution in [2.45, 2.75) is 37.7 Å². The standard InChI is InChI=1S/C9H17NO/c10-6-9(11)4-3-7-1-2-8(9)5-7/h7-8,11H,1-6,10H2/t7-,8+,9-/m1/s1. The van der Waals surface area contributed by atoms with Crippen LogP contribution in [0.25, 0.3) is 0 Å². The molecule has 0 aliphatic heterocycles. The molecule has 2 fully saturated rings. The lowest BCUT2D eigenvalue weighted by Crippen LogP contribution is -2.46. The molecule has 2 nitrogen and oxygen atoms in total. The zero-order valence-corrected chi connectivity index (χ0v) is 6.92. The van der Waals surface area contributed by atoms with E-state index in [1.807, 2.05) is 0 Å². The zero-order chi connectivity index (χ0) is 7.90. The molecule has 2 aliphatic rings. The van der Waals surface area contributed by atoms with Crippen molar-refractivity contribution in [3.8, 4) is 0 Å². The van der Waals surface area contributed by atoms with Crippen LogP contribution < -0.4 is 5.73 Å². The molecule has 2 saturated carbocycles. The van der Waals surface area contributed by atoms with Gasteiger partial charge in [0.25, 0.3) is 0 Å². The maximum Gasteiger partial charge on any atom is 0.0797 e. The van der Waals surface area contributed by atoms with Crippen LogP contribution in [0, 0.1) is 11.8 Å². The molecule has 3 atom stereocenters. The SMILES string of the molecule is NC[C@]1(O)CC[C@H]2CC[C@H]1C2. The first kappa shape index (κ1) is 7.56. The van der Waals surface area contributed by atoms with Crippen LogP contribution in [-0.2, 0) is 0 Å². The zero-order valence-electron chi connectivity index (χ0n) is 6.92. The highest BCUT2D eigenvalue weighted by molar-refractivity contribution is 4.97. The topological polar surface area (TPSA) is 46.2 Å². The second-order valence-electron chi connectivity index (χ2n) is 4.22. The Hall–Kier alpha value is -0.0800. The van der Waals surface area contributed by atoms with Crippen molar-refractivity contribution in [1.29, 1.82) is 0 Å². The summed E-state index contributed by atoms with van der Waals surface area (Å²) >= 11 is 0. The molecular weight excluding hydrogens is 138 g/mol. The third kappa shape index (κ3) is 1.09. The molecule has 2 heteroatoms. The largest absolute Gasteiger partial charge is 0.388 e. The molecule has 0 aromatic rings. The number of aliphatic hydroxyl groups is 1. The highest BCUT2D eigenvalue weighted by atomic mass is 16.3. The number of fused-ring (bicyclic) bond motifs is 2. The Labute approximate surface area is 67.8 Å². The summed E-state index contributed by atoms with van der Waals surface area (Å²) in [5, 5.41) is 10.0. The van der Waals surface area contributed by atoms with Crippen LogP contribution in [0.5, 0.6) is 0 Å². The molecule has 0 aromatic carbocycles. The van der Waals surface area contributed by atoms with Crippen LogP contribution >= 0.6 is 0 Å². The average molecular weight is 155 g/mol. The highest BCUT2D eigenvalue weighted by Gasteiger charge is 2.44. The molecule has 0 spiro atoms. The van der Waals surface area contributed by atoms with Crippen molar-refractivity contribution in [3.63, 3.8) is 0 Å². The molecule has 2 rings (SSSR count). The van der Waals surface area contributed by atoms with Crippen LogP contribution in [-0.4, -0.2) is 17.3 Å². The lowest BCUT2D eigenvalue weighted by molar-refractivity contribution is -0.0340. The third-order valence-corrected chi connectivity index (χ3v) is 3.64. The Kier molecular flexibility index (Phi) is 1.69. The Morgan fingerprint density at radius 1 is 1.36 bits per heavy atom. The van der Waals surface area contributed by atoms with E-state index in [1.165, 1.54) is 25.7 Å². The fourth-order valence-electron chi connectivity index (χ4n) is 2.75. The minimum Gasteiger partial charge on any atom is -0.388 e. The fraction of sp³-hybridized carbons (Fsp3) is 1.00.